The predicted octanol–water partition coefficient (Wildman–Crippen LogP) is -0.263. The molecule has 1 aliphatic rings. The van der Waals surface area contributed by atoms with Gasteiger partial charge in [0.1, 0.15) is 19.5 Å². The number of ether oxygens (including phenoxy) is 2. The molecule has 1 aromatic heterocycles. The first-order valence-corrected chi connectivity index (χ1v) is 8.71. The van der Waals surface area contributed by atoms with Crippen LogP contribution in [0.1, 0.15) is 0 Å². The van der Waals surface area contributed by atoms with Crippen LogP contribution < -0.4 is 17.3 Å². The van der Waals surface area contributed by atoms with Gasteiger partial charge in [-0.1, -0.05) is 22.9 Å². The monoisotopic (exact) mass is 402 g/mol. The Bertz CT molecular complexity index is 779. The number of rotatable bonds is 5. The molecule has 9 heteroatoms. The maximum absolute atomic E-state index is 12.8. The molecule has 1 aliphatic heterocycles. The van der Waals surface area contributed by atoms with Gasteiger partial charge in [-0.2, -0.15) is 0 Å². The SMILES string of the molecule is CN(C)CCN(C(=O)C1=COCCO1)c1nc2ccc(Cl)cc2s1.[Cl-]. The zero-order valence-corrected chi connectivity index (χ0v) is 16.2. The van der Waals surface area contributed by atoms with Crippen LogP contribution in [0, 0.1) is 0 Å². The fraction of sp³-hybridized carbons (Fsp3) is 0.375. The van der Waals surface area contributed by atoms with E-state index in [1.807, 2.05) is 31.1 Å². The number of nitrogens with zero attached hydrogens (tertiary/aromatic N) is 3. The average molecular weight is 403 g/mol. The Hall–Kier alpha value is -1.54. The van der Waals surface area contributed by atoms with Crippen molar-refractivity contribution in [3.8, 4) is 0 Å². The van der Waals surface area contributed by atoms with E-state index in [0.717, 1.165) is 10.2 Å². The van der Waals surface area contributed by atoms with Gasteiger partial charge in [0.15, 0.2) is 5.13 Å². The molecule has 0 saturated heterocycles. The van der Waals surface area contributed by atoms with Gasteiger partial charge in [0.05, 0.1) is 10.2 Å². The second kappa shape index (κ2) is 8.71. The number of fused-ring (bicyclic) bond motifs is 1. The second-order valence-electron chi connectivity index (χ2n) is 5.57. The molecule has 0 unspecified atom stereocenters. The predicted molar refractivity (Wildman–Crippen MR) is 95.5 cm³/mol. The Balaban J connectivity index is 0.00000225. The summed E-state index contributed by atoms with van der Waals surface area (Å²) in [5.41, 5.74) is 0.817. The van der Waals surface area contributed by atoms with Gasteiger partial charge < -0.3 is 26.8 Å². The summed E-state index contributed by atoms with van der Waals surface area (Å²) in [5, 5.41) is 1.27. The molecule has 1 amide bonds. The molecule has 3 rings (SSSR count). The van der Waals surface area contributed by atoms with Crippen molar-refractivity contribution < 1.29 is 26.7 Å². The average Bonchev–Trinajstić information content (AvgIpc) is 2.98. The third kappa shape index (κ3) is 4.76. The minimum absolute atomic E-state index is 0. The molecule has 0 N–H and O–H groups in total. The van der Waals surface area contributed by atoms with Crippen molar-refractivity contribution in [3.05, 3.63) is 35.2 Å². The van der Waals surface area contributed by atoms with Gasteiger partial charge in [-0.05, 0) is 32.3 Å². The van der Waals surface area contributed by atoms with Gasteiger partial charge in [-0.25, -0.2) is 4.98 Å². The first kappa shape index (κ1) is 19.8. The van der Waals surface area contributed by atoms with Crippen LogP contribution in [0.3, 0.4) is 0 Å². The Morgan fingerprint density at radius 3 is 2.80 bits per heavy atom. The van der Waals surface area contributed by atoms with Gasteiger partial charge in [0.25, 0.3) is 5.91 Å². The van der Waals surface area contributed by atoms with Crippen LogP contribution in [0.25, 0.3) is 10.2 Å². The fourth-order valence-corrected chi connectivity index (χ4v) is 3.47. The van der Waals surface area contributed by atoms with E-state index in [1.54, 1.807) is 11.0 Å². The van der Waals surface area contributed by atoms with Crippen molar-refractivity contribution in [2.75, 3.05) is 45.3 Å². The lowest BCUT2D eigenvalue weighted by molar-refractivity contribution is -0.119. The molecular formula is C16H18Cl2N3O3S-. The van der Waals surface area contributed by atoms with E-state index in [1.165, 1.54) is 17.6 Å². The normalized spacial score (nSPS) is 13.7. The minimum atomic E-state index is -0.248. The summed E-state index contributed by atoms with van der Waals surface area (Å²) in [6.07, 6.45) is 1.37. The summed E-state index contributed by atoms with van der Waals surface area (Å²) in [6.45, 7) is 2.03. The molecule has 1 aromatic carbocycles. The number of thiazole rings is 1. The maximum Gasteiger partial charge on any atom is 0.298 e. The first-order chi connectivity index (χ1) is 11.5. The lowest BCUT2D eigenvalue weighted by Gasteiger charge is -2.24. The number of hydrogen-bond acceptors (Lipinski definition) is 6. The van der Waals surface area contributed by atoms with E-state index in [2.05, 4.69) is 4.98 Å². The number of hydrogen-bond donors (Lipinski definition) is 0. The van der Waals surface area contributed by atoms with Crippen molar-refractivity contribution in [2.45, 2.75) is 0 Å². The highest BCUT2D eigenvalue weighted by Gasteiger charge is 2.26. The molecule has 25 heavy (non-hydrogen) atoms. The summed E-state index contributed by atoms with van der Waals surface area (Å²) in [5.74, 6) is -0.0426. The lowest BCUT2D eigenvalue weighted by Crippen LogP contribution is -3.00. The minimum Gasteiger partial charge on any atom is -1.00 e. The van der Waals surface area contributed by atoms with Crippen LogP contribution in [0.4, 0.5) is 5.13 Å². The van der Waals surface area contributed by atoms with Crippen LogP contribution in [-0.4, -0.2) is 56.2 Å². The molecule has 2 aromatic rings. The van der Waals surface area contributed by atoms with Crippen LogP contribution in [-0.2, 0) is 14.3 Å². The Morgan fingerprint density at radius 2 is 2.12 bits per heavy atom. The Kier molecular flexibility index (Phi) is 6.89. The van der Waals surface area contributed by atoms with Gasteiger partial charge >= 0.3 is 0 Å². The van der Waals surface area contributed by atoms with Gasteiger partial charge in [-0.15, -0.1) is 0 Å². The van der Waals surface area contributed by atoms with Crippen molar-refractivity contribution in [2.24, 2.45) is 0 Å². The van der Waals surface area contributed by atoms with E-state index in [4.69, 9.17) is 21.1 Å². The zero-order chi connectivity index (χ0) is 17.1. The quantitative estimate of drug-likeness (QED) is 0.689. The standard InChI is InChI=1S/C16H18ClN3O3S.ClH/c1-19(2)5-6-20(15(21)13-10-22-7-8-23-13)16-18-12-4-3-11(17)9-14(12)24-16;/h3-4,9-10H,5-8H2,1-2H3;1H/p-1. The number of carbonyl (C=O) groups is 1. The fourth-order valence-electron chi connectivity index (χ4n) is 2.20. The smallest absolute Gasteiger partial charge is 0.298 e. The molecule has 0 bridgehead atoms. The highest BCUT2D eigenvalue weighted by atomic mass is 35.5. The summed E-state index contributed by atoms with van der Waals surface area (Å²) in [6, 6.07) is 5.50. The number of carbonyl (C=O) groups excluding carboxylic acids is 1. The number of halogens is 2. The number of aromatic nitrogens is 1. The molecule has 0 atom stereocenters. The molecule has 0 radical (unpaired) electrons. The van der Waals surface area contributed by atoms with E-state index in [9.17, 15) is 4.79 Å². The third-order valence-corrected chi connectivity index (χ3v) is 4.72. The zero-order valence-electron chi connectivity index (χ0n) is 13.9. The van der Waals surface area contributed by atoms with Crippen LogP contribution in [0.5, 0.6) is 0 Å². The first-order valence-electron chi connectivity index (χ1n) is 7.52. The van der Waals surface area contributed by atoms with E-state index in [-0.39, 0.29) is 24.1 Å². The Labute approximate surface area is 161 Å². The summed E-state index contributed by atoms with van der Waals surface area (Å²) >= 11 is 7.47. The van der Waals surface area contributed by atoms with Crippen LogP contribution >= 0.6 is 22.9 Å². The van der Waals surface area contributed by atoms with E-state index >= 15 is 0 Å². The summed E-state index contributed by atoms with van der Waals surface area (Å²) in [4.78, 5) is 21.0. The van der Waals surface area contributed by atoms with Crippen molar-refractivity contribution >= 4 is 44.2 Å². The van der Waals surface area contributed by atoms with Crippen LogP contribution in [0.2, 0.25) is 5.02 Å². The summed E-state index contributed by atoms with van der Waals surface area (Å²) in [7, 11) is 3.92. The van der Waals surface area contributed by atoms with Gasteiger partial charge in [0.2, 0.25) is 5.76 Å². The van der Waals surface area contributed by atoms with Crippen molar-refractivity contribution in [1.29, 1.82) is 0 Å². The largest absolute Gasteiger partial charge is 1.00 e. The molecule has 6 nitrogen and oxygen atoms in total. The van der Waals surface area contributed by atoms with Gasteiger partial charge in [-0.3, -0.25) is 9.69 Å². The van der Waals surface area contributed by atoms with Crippen LogP contribution in [0.15, 0.2) is 30.2 Å². The number of benzene rings is 1. The molecule has 0 fully saturated rings. The number of amides is 1. The number of anilines is 1. The van der Waals surface area contributed by atoms with Gasteiger partial charge in [0, 0.05) is 18.1 Å². The molecule has 136 valence electrons. The lowest BCUT2D eigenvalue weighted by atomic mass is 10.3. The van der Waals surface area contributed by atoms with Crippen molar-refractivity contribution in [1.82, 2.24) is 9.88 Å². The molecular weight excluding hydrogens is 385 g/mol. The maximum atomic E-state index is 12.8. The van der Waals surface area contributed by atoms with E-state index in [0.29, 0.717) is 36.5 Å². The molecule has 0 spiro atoms. The third-order valence-electron chi connectivity index (χ3n) is 3.45. The van der Waals surface area contributed by atoms with Crippen molar-refractivity contribution in [3.63, 3.8) is 0 Å². The topological polar surface area (TPSA) is 54.9 Å². The molecule has 2 heterocycles. The Morgan fingerprint density at radius 1 is 1.32 bits per heavy atom. The van der Waals surface area contributed by atoms with E-state index < -0.39 is 0 Å². The highest BCUT2D eigenvalue weighted by molar-refractivity contribution is 7.22. The molecule has 0 saturated carbocycles. The summed E-state index contributed by atoms with van der Waals surface area (Å²) < 4.78 is 11.6. The number of likely N-dealkylation sites (N-methyl/N-ethyl adjacent to an activating group) is 1. The highest BCUT2D eigenvalue weighted by Crippen LogP contribution is 2.31. The molecule has 0 aliphatic carbocycles. The second-order valence-corrected chi connectivity index (χ2v) is 7.02.